The van der Waals surface area contributed by atoms with Crippen molar-refractivity contribution in [3.63, 3.8) is 0 Å². The third-order valence-corrected chi connectivity index (χ3v) is 3.68. The van der Waals surface area contributed by atoms with Crippen molar-refractivity contribution in [1.82, 2.24) is 4.98 Å². The average Bonchev–Trinajstić information content (AvgIpc) is 2.32. The Morgan fingerprint density at radius 2 is 2.28 bits per heavy atom. The van der Waals surface area contributed by atoms with Crippen LogP contribution in [0.2, 0.25) is 0 Å². The zero-order valence-corrected chi connectivity index (χ0v) is 11.6. The van der Waals surface area contributed by atoms with Gasteiger partial charge in [-0.3, -0.25) is 9.78 Å². The van der Waals surface area contributed by atoms with Crippen molar-refractivity contribution in [2.24, 2.45) is 5.73 Å². The van der Waals surface area contributed by atoms with E-state index in [9.17, 15) is 4.79 Å². The molecule has 1 aromatic rings. The minimum atomic E-state index is -0.978. The second-order valence-corrected chi connectivity index (χ2v) is 5.04. The summed E-state index contributed by atoms with van der Waals surface area (Å²) in [4.78, 5) is 14.9. The van der Waals surface area contributed by atoms with Crippen LogP contribution in [0, 0.1) is 13.8 Å². The monoisotopic (exact) mass is 270 g/mol. The van der Waals surface area contributed by atoms with Crippen molar-refractivity contribution in [1.29, 1.82) is 0 Å². The van der Waals surface area contributed by atoms with E-state index in [1.165, 1.54) is 11.8 Å². The normalized spacial score (nSPS) is 12.2. The van der Waals surface area contributed by atoms with Gasteiger partial charge in [0.05, 0.1) is 12.8 Å². The van der Waals surface area contributed by atoms with Gasteiger partial charge < -0.3 is 15.6 Å². The number of carbonyl (C=O) groups is 1. The predicted molar refractivity (Wildman–Crippen MR) is 72.0 cm³/mol. The number of nitrogens with two attached hydrogens (primary N) is 1. The van der Waals surface area contributed by atoms with E-state index in [0.29, 0.717) is 11.5 Å². The van der Waals surface area contributed by atoms with E-state index in [1.54, 1.807) is 13.3 Å². The summed E-state index contributed by atoms with van der Waals surface area (Å²) in [6, 6.07) is -0.831. The largest absolute Gasteiger partial charge is 0.496 e. The lowest BCUT2D eigenvalue weighted by molar-refractivity contribution is -0.137. The number of carboxylic acids is 1. The second-order valence-electron chi connectivity index (χ2n) is 4.01. The number of methoxy groups -OCH3 is 1. The van der Waals surface area contributed by atoms with Gasteiger partial charge in [-0.25, -0.2) is 0 Å². The molecule has 0 amide bonds. The first-order valence-electron chi connectivity index (χ1n) is 5.52. The quantitative estimate of drug-likeness (QED) is 0.811. The number of thioether (sulfide) groups is 1. The predicted octanol–water partition coefficient (Wildman–Crippen LogP) is 1.35. The Bertz CT molecular complexity index is 438. The molecule has 0 bridgehead atoms. The number of carboxylic acid groups (broad SMARTS) is 1. The number of rotatable bonds is 6. The summed E-state index contributed by atoms with van der Waals surface area (Å²) in [5, 5.41) is 8.68. The lowest BCUT2D eigenvalue weighted by Gasteiger charge is -2.12. The summed E-state index contributed by atoms with van der Waals surface area (Å²) in [5.74, 6) is 0.854. The Labute approximate surface area is 111 Å². The zero-order chi connectivity index (χ0) is 13.7. The molecule has 0 spiro atoms. The number of aliphatic carboxylic acids is 1. The number of aromatic nitrogens is 1. The minimum Gasteiger partial charge on any atom is -0.496 e. The highest BCUT2D eigenvalue weighted by atomic mass is 32.2. The molecule has 1 aromatic heterocycles. The van der Waals surface area contributed by atoms with Crippen LogP contribution >= 0.6 is 11.8 Å². The molecule has 0 fully saturated rings. The van der Waals surface area contributed by atoms with Gasteiger partial charge in [0.1, 0.15) is 11.8 Å². The Balaban J connectivity index is 2.66. The van der Waals surface area contributed by atoms with Crippen LogP contribution in [0.4, 0.5) is 0 Å². The molecule has 1 atom stereocenters. The standard InChI is InChI=1S/C12H18N2O3S/c1-7-4-14-10(8(2)11(7)17-3)6-18-5-9(13)12(15)16/h4,9H,5-6,13H2,1-3H3,(H,15,16). The fourth-order valence-corrected chi connectivity index (χ4v) is 2.57. The van der Waals surface area contributed by atoms with Gasteiger partial charge in [0, 0.05) is 28.8 Å². The maximum atomic E-state index is 10.6. The van der Waals surface area contributed by atoms with E-state index in [1.807, 2.05) is 13.8 Å². The minimum absolute atomic E-state index is 0.368. The van der Waals surface area contributed by atoms with Gasteiger partial charge in [0.25, 0.3) is 0 Å². The number of hydrogen-bond acceptors (Lipinski definition) is 5. The van der Waals surface area contributed by atoms with E-state index in [2.05, 4.69) is 4.98 Å². The van der Waals surface area contributed by atoms with Gasteiger partial charge in [-0.15, -0.1) is 0 Å². The van der Waals surface area contributed by atoms with Crippen LogP contribution in [-0.4, -0.2) is 35.0 Å². The maximum absolute atomic E-state index is 10.6. The molecule has 0 aliphatic heterocycles. The van der Waals surface area contributed by atoms with E-state index < -0.39 is 12.0 Å². The number of aryl methyl sites for hydroxylation is 1. The Hall–Kier alpha value is -1.27. The van der Waals surface area contributed by atoms with E-state index in [0.717, 1.165) is 22.6 Å². The molecular formula is C12H18N2O3S. The number of hydrogen-bond donors (Lipinski definition) is 2. The van der Waals surface area contributed by atoms with Gasteiger partial charge in [0.15, 0.2) is 0 Å². The Morgan fingerprint density at radius 3 is 2.83 bits per heavy atom. The molecule has 18 heavy (non-hydrogen) atoms. The van der Waals surface area contributed by atoms with Gasteiger partial charge in [-0.05, 0) is 13.8 Å². The molecule has 0 aliphatic rings. The van der Waals surface area contributed by atoms with Crippen molar-refractivity contribution in [3.8, 4) is 5.75 Å². The number of ether oxygens (including phenoxy) is 1. The molecule has 6 heteroatoms. The molecular weight excluding hydrogens is 252 g/mol. The third-order valence-electron chi connectivity index (χ3n) is 2.60. The molecule has 0 saturated heterocycles. The molecule has 1 rings (SSSR count). The third kappa shape index (κ3) is 3.61. The van der Waals surface area contributed by atoms with Crippen LogP contribution < -0.4 is 10.5 Å². The van der Waals surface area contributed by atoms with Gasteiger partial charge in [-0.1, -0.05) is 0 Å². The fourth-order valence-electron chi connectivity index (χ4n) is 1.57. The fraction of sp³-hybridized carbons (Fsp3) is 0.500. The average molecular weight is 270 g/mol. The Kier molecular flexibility index (Phi) is 5.43. The van der Waals surface area contributed by atoms with Crippen LogP contribution in [0.25, 0.3) is 0 Å². The van der Waals surface area contributed by atoms with E-state index in [4.69, 9.17) is 15.6 Å². The van der Waals surface area contributed by atoms with E-state index in [-0.39, 0.29) is 0 Å². The Morgan fingerprint density at radius 1 is 1.61 bits per heavy atom. The molecule has 0 aromatic carbocycles. The summed E-state index contributed by atoms with van der Waals surface area (Å²) >= 11 is 1.46. The van der Waals surface area contributed by atoms with Crippen molar-refractivity contribution in [2.45, 2.75) is 25.6 Å². The molecule has 1 heterocycles. The number of nitrogens with zero attached hydrogens (tertiary/aromatic N) is 1. The molecule has 1 unspecified atom stereocenters. The highest BCUT2D eigenvalue weighted by Gasteiger charge is 2.13. The molecule has 0 radical (unpaired) electrons. The van der Waals surface area contributed by atoms with E-state index >= 15 is 0 Å². The maximum Gasteiger partial charge on any atom is 0.321 e. The van der Waals surface area contributed by atoms with Crippen LogP contribution in [0.15, 0.2) is 6.20 Å². The summed E-state index contributed by atoms with van der Waals surface area (Å²) in [5.41, 5.74) is 8.32. The summed E-state index contributed by atoms with van der Waals surface area (Å²) < 4.78 is 5.31. The molecule has 0 aliphatic carbocycles. The summed E-state index contributed by atoms with van der Waals surface area (Å²) in [7, 11) is 1.63. The first kappa shape index (κ1) is 14.8. The topological polar surface area (TPSA) is 85.4 Å². The zero-order valence-electron chi connectivity index (χ0n) is 10.8. The highest BCUT2D eigenvalue weighted by molar-refractivity contribution is 7.98. The van der Waals surface area contributed by atoms with Gasteiger partial charge in [-0.2, -0.15) is 11.8 Å². The highest BCUT2D eigenvalue weighted by Crippen LogP contribution is 2.26. The van der Waals surface area contributed by atoms with Crippen LogP contribution in [-0.2, 0) is 10.5 Å². The number of pyridine rings is 1. The van der Waals surface area contributed by atoms with Crippen molar-refractivity contribution < 1.29 is 14.6 Å². The summed E-state index contributed by atoms with van der Waals surface area (Å²) in [6.07, 6.45) is 1.76. The SMILES string of the molecule is COc1c(C)cnc(CSCC(N)C(=O)O)c1C. The van der Waals surface area contributed by atoms with Crippen LogP contribution in [0.1, 0.15) is 16.8 Å². The lowest BCUT2D eigenvalue weighted by atomic mass is 10.1. The van der Waals surface area contributed by atoms with Crippen molar-refractivity contribution in [3.05, 3.63) is 23.0 Å². The van der Waals surface area contributed by atoms with Gasteiger partial charge in [0.2, 0.25) is 0 Å². The van der Waals surface area contributed by atoms with Gasteiger partial charge >= 0.3 is 5.97 Å². The second kappa shape index (κ2) is 6.61. The molecule has 100 valence electrons. The van der Waals surface area contributed by atoms with Crippen LogP contribution in [0.3, 0.4) is 0 Å². The molecule has 0 saturated carbocycles. The lowest BCUT2D eigenvalue weighted by Crippen LogP contribution is -2.32. The van der Waals surface area contributed by atoms with Crippen molar-refractivity contribution in [2.75, 3.05) is 12.9 Å². The first-order valence-corrected chi connectivity index (χ1v) is 6.68. The van der Waals surface area contributed by atoms with Crippen molar-refractivity contribution >= 4 is 17.7 Å². The molecule has 3 N–H and O–H groups in total. The smallest absolute Gasteiger partial charge is 0.321 e. The summed E-state index contributed by atoms with van der Waals surface area (Å²) in [6.45, 7) is 3.89. The first-order chi connectivity index (χ1) is 8.47. The van der Waals surface area contributed by atoms with Crippen LogP contribution in [0.5, 0.6) is 5.75 Å². The molecule has 5 nitrogen and oxygen atoms in total.